The normalized spacial score (nSPS) is 20.8. The van der Waals surface area contributed by atoms with Crippen LogP contribution in [0.15, 0.2) is 4.42 Å². The molecule has 0 aliphatic heterocycles. The zero-order valence-corrected chi connectivity index (χ0v) is 10.1. The molecule has 0 spiro atoms. The lowest BCUT2D eigenvalue weighted by Gasteiger charge is -2.03. The molecule has 1 saturated carbocycles. The molecule has 2 rings (SSSR count). The standard InChI is InChI=1S/C10H15BrN2O/c1-3-8(11)10-13-12-9(14-10)6(2)7-4-5-7/h6-8H,3-5H2,1-2H3. The number of hydrogen-bond donors (Lipinski definition) is 0. The van der Waals surface area contributed by atoms with Crippen molar-refractivity contribution < 1.29 is 4.42 Å². The van der Waals surface area contributed by atoms with E-state index < -0.39 is 0 Å². The van der Waals surface area contributed by atoms with Gasteiger partial charge in [0.1, 0.15) is 0 Å². The quantitative estimate of drug-likeness (QED) is 0.777. The van der Waals surface area contributed by atoms with Gasteiger partial charge in [0.25, 0.3) is 0 Å². The van der Waals surface area contributed by atoms with Gasteiger partial charge in [0.2, 0.25) is 11.8 Å². The minimum atomic E-state index is 0.204. The number of hydrogen-bond acceptors (Lipinski definition) is 3. The van der Waals surface area contributed by atoms with E-state index in [1.165, 1.54) is 12.8 Å². The Kier molecular flexibility index (Phi) is 2.91. The summed E-state index contributed by atoms with van der Waals surface area (Å²) in [7, 11) is 0. The number of halogens is 1. The summed E-state index contributed by atoms with van der Waals surface area (Å²) in [5.74, 6) is 2.74. The molecule has 0 aromatic carbocycles. The summed E-state index contributed by atoms with van der Waals surface area (Å²) in [6, 6.07) is 0. The molecule has 4 heteroatoms. The highest BCUT2D eigenvalue weighted by Gasteiger charge is 2.32. The van der Waals surface area contributed by atoms with E-state index in [9.17, 15) is 0 Å². The van der Waals surface area contributed by atoms with E-state index in [0.717, 1.165) is 24.1 Å². The number of nitrogens with zero attached hydrogens (tertiary/aromatic N) is 2. The minimum Gasteiger partial charge on any atom is -0.424 e. The molecule has 0 bridgehead atoms. The topological polar surface area (TPSA) is 38.9 Å². The lowest BCUT2D eigenvalue weighted by molar-refractivity contribution is 0.406. The highest BCUT2D eigenvalue weighted by Crippen LogP contribution is 2.42. The Labute approximate surface area is 92.4 Å². The minimum absolute atomic E-state index is 0.204. The van der Waals surface area contributed by atoms with Gasteiger partial charge in [-0.1, -0.05) is 29.8 Å². The van der Waals surface area contributed by atoms with Gasteiger partial charge in [0.05, 0.1) is 4.83 Å². The van der Waals surface area contributed by atoms with Crippen LogP contribution in [0.4, 0.5) is 0 Å². The van der Waals surface area contributed by atoms with E-state index >= 15 is 0 Å². The molecule has 1 aromatic rings. The molecule has 2 unspecified atom stereocenters. The first-order valence-electron chi connectivity index (χ1n) is 5.19. The van der Waals surface area contributed by atoms with Crippen molar-refractivity contribution in [1.82, 2.24) is 10.2 Å². The molecule has 1 aromatic heterocycles. The Morgan fingerprint density at radius 1 is 1.43 bits per heavy atom. The Hall–Kier alpha value is -0.380. The van der Waals surface area contributed by atoms with Gasteiger partial charge in [-0.25, -0.2) is 0 Å². The third kappa shape index (κ3) is 2.00. The van der Waals surface area contributed by atoms with Crippen LogP contribution >= 0.6 is 15.9 Å². The first-order chi connectivity index (χ1) is 6.72. The third-order valence-corrected chi connectivity index (χ3v) is 3.84. The van der Waals surface area contributed by atoms with Gasteiger partial charge in [0.15, 0.2) is 0 Å². The first-order valence-corrected chi connectivity index (χ1v) is 6.11. The number of alkyl halides is 1. The fraction of sp³-hybridized carbons (Fsp3) is 0.800. The summed E-state index contributed by atoms with van der Waals surface area (Å²) in [5, 5.41) is 8.15. The second-order valence-corrected chi connectivity index (χ2v) is 5.09. The Bertz CT molecular complexity index is 309. The predicted molar refractivity (Wildman–Crippen MR) is 57.4 cm³/mol. The fourth-order valence-electron chi connectivity index (χ4n) is 1.53. The molecule has 1 fully saturated rings. The summed E-state index contributed by atoms with van der Waals surface area (Å²) in [5.41, 5.74) is 0. The molecule has 14 heavy (non-hydrogen) atoms. The number of rotatable bonds is 4. The van der Waals surface area contributed by atoms with E-state index in [1.54, 1.807) is 0 Å². The van der Waals surface area contributed by atoms with Gasteiger partial charge in [0, 0.05) is 5.92 Å². The van der Waals surface area contributed by atoms with Crippen molar-refractivity contribution in [3.05, 3.63) is 11.8 Å². The van der Waals surface area contributed by atoms with Crippen LogP contribution in [-0.4, -0.2) is 10.2 Å². The lowest BCUT2D eigenvalue weighted by atomic mass is 10.1. The summed E-state index contributed by atoms with van der Waals surface area (Å²) >= 11 is 3.50. The van der Waals surface area contributed by atoms with Crippen LogP contribution in [0.25, 0.3) is 0 Å². The third-order valence-electron chi connectivity index (χ3n) is 2.80. The van der Waals surface area contributed by atoms with Crippen LogP contribution in [0.5, 0.6) is 0 Å². The van der Waals surface area contributed by atoms with Crippen molar-refractivity contribution in [3.63, 3.8) is 0 Å². The van der Waals surface area contributed by atoms with Gasteiger partial charge < -0.3 is 4.42 Å². The summed E-state index contributed by atoms with van der Waals surface area (Å²) < 4.78 is 5.63. The average Bonchev–Trinajstić information content (AvgIpc) is 2.93. The monoisotopic (exact) mass is 258 g/mol. The van der Waals surface area contributed by atoms with E-state index in [1.807, 2.05) is 0 Å². The van der Waals surface area contributed by atoms with E-state index in [4.69, 9.17) is 4.42 Å². The van der Waals surface area contributed by atoms with Crippen molar-refractivity contribution in [2.75, 3.05) is 0 Å². The highest BCUT2D eigenvalue weighted by atomic mass is 79.9. The van der Waals surface area contributed by atoms with E-state index in [0.29, 0.717) is 5.92 Å². The molecule has 1 heterocycles. The van der Waals surface area contributed by atoms with Crippen LogP contribution in [0.2, 0.25) is 0 Å². The molecule has 1 aliphatic rings. The molecule has 0 saturated heterocycles. The molecule has 78 valence electrons. The van der Waals surface area contributed by atoms with Gasteiger partial charge >= 0.3 is 0 Å². The average molecular weight is 259 g/mol. The van der Waals surface area contributed by atoms with Crippen LogP contribution in [-0.2, 0) is 0 Å². The highest BCUT2D eigenvalue weighted by molar-refractivity contribution is 9.09. The maximum atomic E-state index is 5.63. The Morgan fingerprint density at radius 3 is 2.64 bits per heavy atom. The summed E-state index contributed by atoms with van der Waals surface area (Å²) in [6.45, 7) is 4.26. The Morgan fingerprint density at radius 2 is 2.07 bits per heavy atom. The zero-order chi connectivity index (χ0) is 10.1. The van der Waals surface area contributed by atoms with Crippen LogP contribution in [0, 0.1) is 5.92 Å². The molecule has 2 atom stereocenters. The van der Waals surface area contributed by atoms with E-state index in [2.05, 4.69) is 40.0 Å². The molecule has 0 N–H and O–H groups in total. The maximum Gasteiger partial charge on any atom is 0.230 e. The van der Waals surface area contributed by atoms with Crippen molar-refractivity contribution in [3.8, 4) is 0 Å². The molecule has 3 nitrogen and oxygen atoms in total. The molecule has 0 amide bonds. The van der Waals surface area contributed by atoms with Crippen molar-refractivity contribution in [2.45, 2.75) is 43.9 Å². The van der Waals surface area contributed by atoms with E-state index in [-0.39, 0.29) is 4.83 Å². The Balaban J connectivity index is 2.08. The maximum absolute atomic E-state index is 5.63. The SMILES string of the molecule is CCC(Br)c1nnc(C(C)C2CC2)o1. The molecular weight excluding hydrogens is 244 g/mol. The zero-order valence-electron chi connectivity index (χ0n) is 8.53. The van der Waals surface area contributed by atoms with Gasteiger partial charge in [-0.2, -0.15) is 0 Å². The van der Waals surface area contributed by atoms with Crippen LogP contribution < -0.4 is 0 Å². The number of aromatic nitrogens is 2. The van der Waals surface area contributed by atoms with Crippen molar-refractivity contribution >= 4 is 15.9 Å². The van der Waals surface area contributed by atoms with Crippen LogP contribution in [0.1, 0.15) is 55.6 Å². The second-order valence-electron chi connectivity index (χ2n) is 3.98. The first kappa shape index (κ1) is 10.1. The second kappa shape index (κ2) is 4.01. The van der Waals surface area contributed by atoms with Gasteiger partial charge in [-0.3, -0.25) is 0 Å². The largest absolute Gasteiger partial charge is 0.424 e. The van der Waals surface area contributed by atoms with Gasteiger partial charge in [-0.05, 0) is 25.2 Å². The summed E-state index contributed by atoms with van der Waals surface area (Å²) in [6.07, 6.45) is 3.59. The fourth-order valence-corrected chi connectivity index (χ4v) is 1.71. The van der Waals surface area contributed by atoms with Crippen molar-refractivity contribution in [2.24, 2.45) is 5.92 Å². The van der Waals surface area contributed by atoms with Gasteiger partial charge in [-0.15, -0.1) is 10.2 Å². The molecule has 0 radical (unpaired) electrons. The molecule has 1 aliphatic carbocycles. The summed E-state index contributed by atoms with van der Waals surface area (Å²) in [4.78, 5) is 0.204. The van der Waals surface area contributed by atoms with Crippen molar-refractivity contribution in [1.29, 1.82) is 0 Å². The lowest BCUT2D eigenvalue weighted by Crippen LogP contribution is -1.95. The van der Waals surface area contributed by atoms with Crippen LogP contribution in [0.3, 0.4) is 0 Å². The smallest absolute Gasteiger partial charge is 0.230 e. The molecular formula is C10H15BrN2O. The predicted octanol–water partition coefficient (Wildman–Crippen LogP) is 3.43.